The molecule has 0 aliphatic heterocycles. The van der Waals surface area contributed by atoms with Crippen LogP contribution in [0.5, 0.6) is 0 Å². The van der Waals surface area contributed by atoms with Gasteiger partial charge in [0.05, 0.1) is 0 Å². The van der Waals surface area contributed by atoms with Crippen LogP contribution in [0.1, 0.15) is 0 Å². The van der Waals surface area contributed by atoms with Crippen molar-refractivity contribution in [2.75, 3.05) is 0 Å². The van der Waals surface area contributed by atoms with E-state index in [4.69, 9.17) is 0 Å². The van der Waals surface area contributed by atoms with Crippen LogP contribution in [0.2, 0.25) is 0 Å². The van der Waals surface area contributed by atoms with Gasteiger partial charge in [0.1, 0.15) is 0 Å². The van der Waals surface area contributed by atoms with E-state index in [0.717, 1.165) is 0 Å². The van der Waals surface area contributed by atoms with Crippen LogP contribution in [0.4, 0.5) is 0 Å². The molecule has 0 saturated heterocycles. The van der Waals surface area contributed by atoms with Crippen molar-refractivity contribution in [3.63, 3.8) is 0 Å². The predicted octanol–water partition coefficient (Wildman–Crippen LogP) is 0.0330. The fourth-order valence-electron chi connectivity index (χ4n) is 1.05. The molecule has 0 aliphatic carbocycles. The highest BCUT2D eigenvalue weighted by Gasteiger charge is 1.97. The molecule has 2 rings (SSSR count). The molecule has 0 bridgehead atoms. The number of aromatic nitrogens is 3. The number of fused-ring (bicyclic) bond motifs is 1. The minimum atomic E-state index is -0.0481. The summed E-state index contributed by atoms with van der Waals surface area (Å²) in [6.45, 7) is 0. The van der Waals surface area contributed by atoms with Crippen LogP contribution < -0.4 is 5.43 Å². The summed E-state index contributed by atoms with van der Waals surface area (Å²) >= 11 is 0. The second-order valence-electron chi connectivity index (χ2n) is 2.35. The first-order chi connectivity index (χ1) is 5.29. The second kappa shape index (κ2) is 1.95. The molecule has 0 saturated carbocycles. The Hall–Kier alpha value is -1.58. The van der Waals surface area contributed by atoms with Crippen molar-refractivity contribution in [2.24, 2.45) is 7.05 Å². The van der Waals surface area contributed by atoms with E-state index < -0.39 is 0 Å². The molecule has 0 aliphatic rings. The van der Waals surface area contributed by atoms with Gasteiger partial charge in [0.15, 0.2) is 5.65 Å². The largest absolute Gasteiger partial charge is 0.290 e. The lowest BCUT2D eigenvalue weighted by molar-refractivity contribution is 0.683. The van der Waals surface area contributed by atoms with E-state index in [2.05, 4.69) is 4.98 Å². The van der Waals surface area contributed by atoms with Crippen molar-refractivity contribution in [3.8, 4) is 0 Å². The number of rotatable bonds is 0. The Morgan fingerprint density at radius 2 is 2.27 bits per heavy atom. The monoisotopic (exact) mass is 149 g/mol. The Morgan fingerprint density at radius 1 is 1.45 bits per heavy atom. The quantitative estimate of drug-likeness (QED) is 0.530. The molecule has 0 radical (unpaired) electrons. The SMILES string of the molecule is Cn1ccc(=O)c2nccn21. The normalized spacial score (nSPS) is 10.6. The molecule has 4 nitrogen and oxygen atoms in total. The van der Waals surface area contributed by atoms with Crippen molar-refractivity contribution in [1.82, 2.24) is 14.2 Å². The van der Waals surface area contributed by atoms with Gasteiger partial charge < -0.3 is 0 Å². The highest BCUT2D eigenvalue weighted by molar-refractivity contribution is 5.35. The topological polar surface area (TPSA) is 39.3 Å². The molecule has 11 heavy (non-hydrogen) atoms. The van der Waals surface area contributed by atoms with E-state index in [1.54, 1.807) is 27.8 Å². The van der Waals surface area contributed by atoms with Crippen LogP contribution in [0.3, 0.4) is 0 Å². The highest BCUT2D eigenvalue weighted by atomic mass is 16.1. The van der Waals surface area contributed by atoms with Crippen molar-refractivity contribution >= 4 is 5.65 Å². The zero-order chi connectivity index (χ0) is 7.84. The molecular weight excluding hydrogens is 142 g/mol. The first kappa shape index (κ1) is 6.15. The van der Waals surface area contributed by atoms with E-state index in [9.17, 15) is 4.79 Å². The minimum Gasteiger partial charge on any atom is -0.290 e. The summed E-state index contributed by atoms with van der Waals surface area (Å²) in [6, 6.07) is 1.50. The first-order valence-corrected chi connectivity index (χ1v) is 3.28. The van der Waals surface area contributed by atoms with Crippen molar-refractivity contribution in [1.29, 1.82) is 0 Å². The Kier molecular flexibility index (Phi) is 1.09. The summed E-state index contributed by atoms with van der Waals surface area (Å²) < 4.78 is 3.49. The smallest absolute Gasteiger partial charge is 0.224 e. The van der Waals surface area contributed by atoms with Gasteiger partial charge in [-0.3, -0.25) is 9.48 Å². The Labute approximate surface area is 62.7 Å². The molecule has 2 heterocycles. The lowest BCUT2D eigenvalue weighted by Gasteiger charge is -2.00. The Bertz CT molecular complexity index is 440. The zero-order valence-electron chi connectivity index (χ0n) is 6.06. The highest BCUT2D eigenvalue weighted by Crippen LogP contribution is 1.90. The van der Waals surface area contributed by atoms with Gasteiger partial charge in [-0.2, -0.15) is 0 Å². The van der Waals surface area contributed by atoms with Gasteiger partial charge in [-0.1, -0.05) is 0 Å². The minimum absolute atomic E-state index is 0.0481. The van der Waals surface area contributed by atoms with E-state index in [1.165, 1.54) is 6.07 Å². The fraction of sp³-hybridized carbons (Fsp3) is 0.143. The molecule has 0 atom stereocenters. The average Bonchev–Trinajstić information content (AvgIpc) is 2.45. The maximum atomic E-state index is 11.1. The number of imidazole rings is 1. The summed E-state index contributed by atoms with van der Waals surface area (Å²) in [4.78, 5) is 15.0. The average molecular weight is 149 g/mol. The van der Waals surface area contributed by atoms with Crippen molar-refractivity contribution in [2.45, 2.75) is 0 Å². The zero-order valence-corrected chi connectivity index (χ0v) is 6.06. The van der Waals surface area contributed by atoms with Gasteiger partial charge in [-0.15, -0.1) is 0 Å². The number of nitrogens with zero attached hydrogens (tertiary/aromatic N) is 3. The molecule has 0 aromatic carbocycles. The Balaban J connectivity index is 3.08. The van der Waals surface area contributed by atoms with Crippen LogP contribution in [0, 0.1) is 0 Å². The molecule has 0 N–H and O–H groups in total. The van der Waals surface area contributed by atoms with E-state index in [1.807, 2.05) is 7.05 Å². The van der Waals surface area contributed by atoms with E-state index >= 15 is 0 Å². The standard InChI is InChI=1S/C7H7N3O/c1-9-4-2-6(11)7-8-3-5-10(7)9/h2-5H,1H3. The van der Waals surface area contributed by atoms with Crippen molar-refractivity contribution < 1.29 is 0 Å². The predicted molar refractivity (Wildman–Crippen MR) is 40.4 cm³/mol. The van der Waals surface area contributed by atoms with Gasteiger partial charge in [-0.05, 0) is 0 Å². The van der Waals surface area contributed by atoms with Gasteiger partial charge in [0, 0.05) is 31.7 Å². The molecule has 0 amide bonds. The molecule has 56 valence electrons. The Morgan fingerprint density at radius 3 is 3.00 bits per heavy atom. The molecule has 0 unspecified atom stereocenters. The molecular formula is C7H7N3O. The van der Waals surface area contributed by atoms with Crippen LogP contribution in [0.15, 0.2) is 29.5 Å². The van der Waals surface area contributed by atoms with Crippen LogP contribution in [-0.4, -0.2) is 14.2 Å². The lowest BCUT2D eigenvalue weighted by Crippen LogP contribution is -2.11. The molecule has 2 aromatic rings. The molecule has 4 heteroatoms. The fourth-order valence-corrected chi connectivity index (χ4v) is 1.05. The summed E-state index contributed by atoms with van der Waals surface area (Å²) in [6.07, 6.45) is 5.06. The van der Waals surface area contributed by atoms with E-state index in [0.29, 0.717) is 5.65 Å². The van der Waals surface area contributed by atoms with Gasteiger partial charge in [0.2, 0.25) is 5.43 Å². The van der Waals surface area contributed by atoms with Gasteiger partial charge in [0.25, 0.3) is 0 Å². The second-order valence-corrected chi connectivity index (χ2v) is 2.35. The summed E-state index contributed by atoms with van der Waals surface area (Å²) in [5.74, 6) is 0. The number of hydrogen-bond acceptors (Lipinski definition) is 2. The molecule has 0 fully saturated rings. The first-order valence-electron chi connectivity index (χ1n) is 3.28. The van der Waals surface area contributed by atoms with Crippen LogP contribution >= 0.6 is 0 Å². The number of hydrogen-bond donors (Lipinski definition) is 0. The van der Waals surface area contributed by atoms with Crippen LogP contribution in [0.25, 0.3) is 5.65 Å². The maximum absolute atomic E-state index is 11.1. The third-order valence-electron chi connectivity index (χ3n) is 1.62. The van der Waals surface area contributed by atoms with Gasteiger partial charge in [-0.25, -0.2) is 9.50 Å². The maximum Gasteiger partial charge on any atom is 0.224 e. The third-order valence-corrected chi connectivity index (χ3v) is 1.62. The van der Waals surface area contributed by atoms with Crippen LogP contribution in [-0.2, 0) is 7.05 Å². The lowest BCUT2D eigenvalue weighted by atomic mass is 10.5. The summed E-state index contributed by atoms with van der Waals surface area (Å²) in [5, 5.41) is 0. The third kappa shape index (κ3) is 0.756. The van der Waals surface area contributed by atoms with Gasteiger partial charge >= 0.3 is 0 Å². The summed E-state index contributed by atoms with van der Waals surface area (Å²) in [7, 11) is 1.86. The summed E-state index contributed by atoms with van der Waals surface area (Å²) in [5.41, 5.74) is 0.420. The number of aryl methyl sites for hydroxylation is 1. The van der Waals surface area contributed by atoms with Crippen molar-refractivity contribution in [3.05, 3.63) is 34.9 Å². The molecule has 0 spiro atoms. The molecule has 2 aromatic heterocycles. The van der Waals surface area contributed by atoms with E-state index in [-0.39, 0.29) is 5.43 Å².